The third-order valence-corrected chi connectivity index (χ3v) is 5.73. The maximum Gasteiger partial charge on any atom is 0.245 e. The number of benzene rings is 1. The lowest BCUT2D eigenvalue weighted by Gasteiger charge is -2.23. The minimum Gasteiger partial charge on any atom is -0.397 e. The van der Waals surface area contributed by atoms with E-state index < -0.39 is 10.0 Å². The van der Waals surface area contributed by atoms with Gasteiger partial charge in [-0.15, -0.1) is 0 Å². The summed E-state index contributed by atoms with van der Waals surface area (Å²) in [6, 6.07) is 3.87. The van der Waals surface area contributed by atoms with Gasteiger partial charge in [0.15, 0.2) is 0 Å². The van der Waals surface area contributed by atoms with Gasteiger partial charge < -0.3 is 5.73 Å². The number of hydrogen-bond donors (Lipinski definition) is 1. The Morgan fingerprint density at radius 1 is 1.26 bits per heavy atom. The van der Waals surface area contributed by atoms with Crippen LogP contribution in [0.4, 0.5) is 5.69 Å². The van der Waals surface area contributed by atoms with Crippen LogP contribution < -0.4 is 5.73 Å². The molecule has 1 aromatic carbocycles. The van der Waals surface area contributed by atoms with Crippen LogP contribution in [-0.2, 0) is 10.0 Å². The van der Waals surface area contributed by atoms with Crippen molar-refractivity contribution in [3.8, 4) is 0 Å². The predicted molar refractivity (Wildman–Crippen MR) is 77.5 cm³/mol. The zero-order valence-electron chi connectivity index (χ0n) is 11.8. The first-order chi connectivity index (χ1) is 8.89. The van der Waals surface area contributed by atoms with Gasteiger partial charge in [-0.05, 0) is 44.2 Å². The molecule has 1 saturated carbocycles. The molecule has 0 heterocycles. The summed E-state index contributed by atoms with van der Waals surface area (Å²) in [6.45, 7) is 6.21. The van der Waals surface area contributed by atoms with Gasteiger partial charge in [-0.3, -0.25) is 0 Å². The average Bonchev–Trinajstić information content (AvgIpc) is 3.15. The highest BCUT2D eigenvalue weighted by Crippen LogP contribution is 2.35. The van der Waals surface area contributed by atoms with Gasteiger partial charge in [0.25, 0.3) is 0 Å². The van der Waals surface area contributed by atoms with Crippen molar-refractivity contribution in [1.29, 1.82) is 0 Å². The lowest BCUT2D eigenvalue weighted by molar-refractivity contribution is 0.403. The summed E-state index contributed by atoms with van der Waals surface area (Å²) in [5, 5.41) is 0. The van der Waals surface area contributed by atoms with Crippen molar-refractivity contribution in [2.45, 2.75) is 51.0 Å². The number of nitrogens with two attached hydrogens (primary N) is 1. The van der Waals surface area contributed by atoms with Crippen LogP contribution in [0.2, 0.25) is 0 Å². The van der Waals surface area contributed by atoms with Crippen LogP contribution in [0.15, 0.2) is 17.0 Å². The second-order valence-electron chi connectivity index (χ2n) is 5.29. The number of sulfonamides is 1. The Kier molecular flexibility index (Phi) is 3.87. The van der Waals surface area contributed by atoms with Crippen molar-refractivity contribution in [1.82, 2.24) is 4.31 Å². The number of aryl methyl sites for hydroxylation is 2. The van der Waals surface area contributed by atoms with Gasteiger partial charge in [0, 0.05) is 12.6 Å². The molecule has 0 aromatic heterocycles. The Morgan fingerprint density at radius 3 is 2.37 bits per heavy atom. The van der Waals surface area contributed by atoms with Crippen molar-refractivity contribution in [2.75, 3.05) is 12.3 Å². The largest absolute Gasteiger partial charge is 0.397 e. The van der Waals surface area contributed by atoms with E-state index in [-0.39, 0.29) is 6.04 Å². The van der Waals surface area contributed by atoms with Gasteiger partial charge in [0.1, 0.15) is 4.90 Å². The topological polar surface area (TPSA) is 63.4 Å². The first kappa shape index (κ1) is 14.3. The van der Waals surface area contributed by atoms with E-state index in [9.17, 15) is 8.42 Å². The average molecular weight is 282 g/mol. The fourth-order valence-electron chi connectivity index (χ4n) is 2.35. The van der Waals surface area contributed by atoms with E-state index in [4.69, 9.17) is 5.73 Å². The summed E-state index contributed by atoms with van der Waals surface area (Å²) in [6.07, 6.45) is 2.74. The fraction of sp³-hybridized carbons (Fsp3) is 0.571. The lowest BCUT2D eigenvalue weighted by Crippen LogP contribution is -2.34. The molecule has 1 aromatic rings. The summed E-state index contributed by atoms with van der Waals surface area (Å²) >= 11 is 0. The normalized spacial score (nSPS) is 16.0. The smallest absolute Gasteiger partial charge is 0.245 e. The highest BCUT2D eigenvalue weighted by Gasteiger charge is 2.38. The minimum atomic E-state index is -3.48. The minimum absolute atomic E-state index is 0.171. The van der Waals surface area contributed by atoms with E-state index in [1.165, 1.54) is 0 Å². The highest BCUT2D eigenvalue weighted by atomic mass is 32.2. The number of nitrogen functional groups attached to an aromatic ring is 1. The van der Waals surface area contributed by atoms with Gasteiger partial charge in [0.05, 0.1) is 5.69 Å². The van der Waals surface area contributed by atoms with Gasteiger partial charge in [0.2, 0.25) is 10.0 Å². The van der Waals surface area contributed by atoms with E-state index in [2.05, 4.69) is 0 Å². The summed E-state index contributed by atoms with van der Waals surface area (Å²) in [5.41, 5.74) is 7.95. The third kappa shape index (κ3) is 2.62. The number of rotatable bonds is 5. The molecule has 0 amide bonds. The zero-order valence-corrected chi connectivity index (χ0v) is 12.6. The van der Waals surface area contributed by atoms with E-state index in [1.54, 1.807) is 11.2 Å². The van der Waals surface area contributed by atoms with Crippen LogP contribution in [0.25, 0.3) is 0 Å². The number of nitrogens with zero attached hydrogens (tertiary/aromatic N) is 1. The molecule has 2 rings (SSSR count). The maximum atomic E-state index is 12.8. The van der Waals surface area contributed by atoms with Gasteiger partial charge >= 0.3 is 0 Å². The molecule has 1 fully saturated rings. The summed E-state index contributed by atoms with van der Waals surface area (Å²) < 4.78 is 27.3. The Balaban J connectivity index is 2.52. The Bertz CT molecular complexity index is 577. The fourth-order valence-corrected chi connectivity index (χ4v) is 4.52. The van der Waals surface area contributed by atoms with Crippen molar-refractivity contribution in [2.24, 2.45) is 0 Å². The third-order valence-electron chi connectivity index (χ3n) is 3.58. The molecule has 0 spiro atoms. The molecule has 0 radical (unpaired) electrons. The molecular formula is C14H22N2O2S. The van der Waals surface area contributed by atoms with E-state index >= 15 is 0 Å². The molecule has 0 unspecified atom stereocenters. The van der Waals surface area contributed by atoms with Gasteiger partial charge in [-0.1, -0.05) is 19.1 Å². The van der Waals surface area contributed by atoms with E-state index in [1.807, 2.05) is 26.0 Å². The van der Waals surface area contributed by atoms with E-state index in [0.29, 0.717) is 17.1 Å². The summed E-state index contributed by atoms with van der Waals surface area (Å²) in [7, 11) is -3.48. The SMILES string of the molecule is CCCN(C1CC1)S(=O)(=O)c1c(C)ccc(C)c1N. The van der Waals surface area contributed by atoms with Crippen LogP contribution >= 0.6 is 0 Å². The Hall–Kier alpha value is -1.07. The van der Waals surface area contributed by atoms with Crippen LogP contribution in [0.5, 0.6) is 0 Å². The molecule has 2 N–H and O–H groups in total. The van der Waals surface area contributed by atoms with Crippen molar-refractivity contribution in [3.05, 3.63) is 23.3 Å². The monoisotopic (exact) mass is 282 g/mol. The first-order valence-electron chi connectivity index (χ1n) is 6.77. The molecule has 1 aliphatic carbocycles. The number of hydrogen-bond acceptors (Lipinski definition) is 3. The van der Waals surface area contributed by atoms with Crippen LogP contribution in [0.3, 0.4) is 0 Å². The van der Waals surface area contributed by atoms with Crippen molar-refractivity contribution >= 4 is 15.7 Å². The maximum absolute atomic E-state index is 12.8. The highest BCUT2D eigenvalue weighted by molar-refractivity contribution is 7.89. The summed E-state index contributed by atoms with van der Waals surface area (Å²) in [5.74, 6) is 0. The molecule has 0 bridgehead atoms. The van der Waals surface area contributed by atoms with Crippen LogP contribution in [0.1, 0.15) is 37.3 Å². The summed E-state index contributed by atoms with van der Waals surface area (Å²) in [4.78, 5) is 0.299. The number of anilines is 1. The second kappa shape index (κ2) is 5.13. The Morgan fingerprint density at radius 2 is 1.84 bits per heavy atom. The Labute approximate surface area is 115 Å². The quantitative estimate of drug-likeness (QED) is 0.844. The van der Waals surface area contributed by atoms with Crippen molar-refractivity contribution in [3.63, 3.8) is 0 Å². The van der Waals surface area contributed by atoms with Crippen molar-refractivity contribution < 1.29 is 8.42 Å². The standard InChI is InChI=1S/C14H22N2O2S/c1-4-9-16(12-7-8-12)19(17,18)14-11(3)6-5-10(2)13(14)15/h5-6,12H,4,7-9,15H2,1-3H3. The molecule has 0 aliphatic heterocycles. The second-order valence-corrected chi connectivity index (χ2v) is 7.12. The molecule has 5 heteroatoms. The zero-order chi connectivity index (χ0) is 14.2. The molecule has 0 saturated heterocycles. The first-order valence-corrected chi connectivity index (χ1v) is 8.21. The molecule has 1 aliphatic rings. The predicted octanol–water partition coefficient (Wildman–Crippen LogP) is 2.45. The lowest BCUT2D eigenvalue weighted by atomic mass is 10.1. The van der Waals surface area contributed by atoms with Crippen LogP contribution in [0, 0.1) is 13.8 Å². The molecule has 0 atom stereocenters. The van der Waals surface area contributed by atoms with Crippen LogP contribution in [-0.4, -0.2) is 25.3 Å². The van der Waals surface area contributed by atoms with E-state index in [0.717, 1.165) is 30.4 Å². The van der Waals surface area contributed by atoms with Gasteiger partial charge in [-0.2, -0.15) is 4.31 Å². The molecule has 4 nitrogen and oxygen atoms in total. The molecule has 106 valence electrons. The molecule has 19 heavy (non-hydrogen) atoms. The van der Waals surface area contributed by atoms with Gasteiger partial charge in [-0.25, -0.2) is 8.42 Å². The molecular weight excluding hydrogens is 260 g/mol.